The van der Waals surface area contributed by atoms with Crippen molar-refractivity contribution in [2.45, 2.75) is 66.5 Å². The lowest BCUT2D eigenvalue weighted by Crippen LogP contribution is -2.51. The third-order valence-electron chi connectivity index (χ3n) is 2.91. The van der Waals surface area contributed by atoms with Crippen LogP contribution >= 0.6 is 0 Å². The van der Waals surface area contributed by atoms with Crippen LogP contribution in [-0.2, 0) is 8.85 Å². The normalized spacial score (nSPS) is 13.8. The fourth-order valence-corrected chi connectivity index (χ4v) is 5.44. The molecule has 0 atom stereocenters. The minimum atomic E-state index is -2.10. The minimum Gasteiger partial charge on any atom is -0.394 e. The molecule has 0 N–H and O–H groups in total. The van der Waals surface area contributed by atoms with Gasteiger partial charge in [0.25, 0.3) is 0 Å². The van der Waals surface area contributed by atoms with E-state index in [1.165, 1.54) is 0 Å². The van der Waals surface area contributed by atoms with Crippen molar-refractivity contribution in [3.05, 3.63) is 0 Å². The molecule has 0 aromatic rings. The molecule has 0 fully saturated rings. The summed E-state index contributed by atoms with van der Waals surface area (Å²) in [5.41, 5.74) is 0. The fraction of sp³-hybridized carbons (Fsp3) is 1.00. The van der Waals surface area contributed by atoms with Crippen LogP contribution < -0.4 is 0 Å². The van der Waals surface area contributed by atoms with Gasteiger partial charge in [0.1, 0.15) is 0 Å². The number of hydrogen-bond donors (Lipinski definition) is 0. The molecular weight excluding hydrogens is 228 g/mol. The standard InChI is InChI=1S/C14H32O2Si/c1-9-17(14(6,7)8,15-10-12(2)3)16-11-13(4)5/h12-13H,9-11H2,1-8H3. The van der Waals surface area contributed by atoms with E-state index in [1.54, 1.807) is 0 Å². The molecule has 0 aromatic heterocycles. The van der Waals surface area contributed by atoms with Crippen LogP contribution in [0.4, 0.5) is 0 Å². The van der Waals surface area contributed by atoms with E-state index in [-0.39, 0.29) is 5.04 Å². The summed E-state index contributed by atoms with van der Waals surface area (Å²) >= 11 is 0. The predicted molar refractivity (Wildman–Crippen MR) is 77.5 cm³/mol. The molecule has 17 heavy (non-hydrogen) atoms. The molecule has 0 saturated heterocycles. The Morgan fingerprint density at radius 3 is 1.41 bits per heavy atom. The first-order chi connectivity index (χ1) is 7.64. The summed E-state index contributed by atoms with van der Waals surface area (Å²) in [5, 5.41) is 0.130. The molecule has 0 rings (SSSR count). The lowest BCUT2D eigenvalue weighted by Gasteiger charge is -2.41. The molecule has 0 aliphatic rings. The van der Waals surface area contributed by atoms with Gasteiger partial charge in [-0.25, -0.2) is 0 Å². The van der Waals surface area contributed by atoms with Crippen molar-refractivity contribution in [1.29, 1.82) is 0 Å². The second kappa shape index (κ2) is 6.91. The predicted octanol–water partition coefficient (Wildman–Crippen LogP) is 4.59. The topological polar surface area (TPSA) is 18.5 Å². The minimum absolute atomic E-state index is 0.130. The van der Waals surface area contributed by atoms with E-state index in [9.17, 15) is 0 Å². The van der Waals surface area contributed by atoms with E-state index >= 15 is 0 Å². The van der Waals surface area contributed by atoms with Crippen molar-refractivity contribution in [3.8, 4) is 0 Å². The summed E-state index contributed by atoms with van der Waals surface area (Å²) in [6, 6.07) is 1.02. The molecule has 0 spiro atoms. The zero-order valence-corrected chi connectivity index (χ0v) is 14.1. The Bertz CT molecular complexity index is 195. The van der Waals surface area contributed by atoms with Gasteiger partial charge in [-0.1, -0.05) is 55.4 Å². The molecule has 104 valence electrons. The van der Waals surface area contributed by atoms with Crippen LogP contribution in [0, 0.1) is 11.8 Å². The monoisotopic (exact) mass is 260 g/mol. The van der Waals surface area contributed by atoms with E-state index < -0.39 is 8.56 Å². The molecule has 2 nitrogen and oxygen atoms in total. The highest BCUT2D eigenvalue weighted by atomic mass is 28.4. The average Bonchev–Trinajstić information content (AvgIpc) is 2.15. The van der Waals surface area contributed by atoms with Crippen molar-refractivity contribution in [2.75, 3.05) is 13.2 Å². The van der Waals surface area contributed by atoms with E-state index in [0.29, 0.717) is 11.8 Å². The van der Waals surface area contributed by atoms with Crippen LogP contribution in [0.1, 0.15) is 55.4 Å². The van der Waals surface area contributed by atoms with Gasteiger partial charge >= 0.3 is 8.56 Å². The third-order valence-corrected chi connectivity index (χ3v) is 7.39. The van der Waals surface area contributed by atoms with E-state index in [2.05, 4.69) is 55.4 Å². The van der Waals surface area contributed by atoms with Gasteiger partial charge in [-0.05, 0) is 17.9 Å². The summed E-state index contributed by atoms with van der Waals surface area (Å²) in [6.45, 7) is 19.4. The zero-order valence-electron chi connectivity index (χ0n) is 13.1. The summed E-state index contributed by atoms with van der Waals surface area (Å²) < 4.78 is 12.5. The Hall–Kier alpha value is 0.137. The average molecular weight is 260 g/mol. The maximum atomic E-state index is 6.27. The Kier molecular flexibility index (Phi) is 6.96. The molecule has 0 unspecified atom stereocenters. The largest absolute Gasteiger partial charge is 0.394 e. The highest BCUT2D eigenvalue weighted by molar-refractivity contribution is 6.70. The smallest absolute Gasteiger partial charge is 0.343 e. The van der Waals surface area contributed by atoms with Gasteiger partial charge in [-0.3, -0.25) is 0 Å². The van der Waals surface area contributed by atoms with Gasteiger partial charge < -0.3 is 8.85 Å². The molecule has 0 saturated carbocycles. The first-order valence-corrected chi connectivity index (χ1v) is 8.95. The zero-order chi connectivity index (χ0) is 13.7. The number of rotatable bonds is 7. The lowest BCUT2D eigenvalue weighted by molar-refractivity contribution is 0.121. The van der Waals surface area contributed by atoms with Crippen LogP contribution in [0.5, 0.6) is 0 Å². The summed E-state index contributed by atoms with van der Waals surface area (Å²) in [7, 11) is -2.10. The van der Waals surface area contributed by atoms with Gasteiger partial charge in [-0.2, -0.15) is 0 Å². The van der Waals surface area contributed by atoms with E-state index in [4.69, 9.17) is 8.85 Å². The summed E-state index contributed by atoms with van der Waals surface area (Å²) in [6.07, 6.45) is 0. The molecule has 3 heteroatoms. The van der Waals surface area contributed by atoms with Crippen molar-refractivity contribution in [3.63, 3.8) is 0 Å². The van der Waals surface area contributed by atoms with Crippen molar-refractivity contribution >= 4 is 8.56 Å². The van der Waals surface area contributed by atoms with Crippen molar-refractivity contribution < 1.29 is 8.85 Å². The van der Waals surface area contributed by atoms with E-state index in [0.717, 1.165) is 19.3 Å². The Morgan fingerprint density at radius 2 is 1.24 bits per heavy atom. The molecule has 0 aliphatic carbocycles. The molecule has 0 aliphatic heterocycles. The van der Waals surface area contributed by atoms with Crippen molar-refractivity contribution in [2.24, 2.45) is 11.8 Å². The van der Waals surface area contributed by atoms with Crippen molar-refractivity contribution in [1.82, 2.24) is 0 Å². The quantitative estimate of drug-likeness (QED) is 0.623. The summed E-state index contributed by atoms with van der Waals surface area (Å²) in [5.74, 6) is 1.14. The molecule has 0 bridgehead atoms. The molecule has 0 radical (unpaired) electrons. The van der Waals surface area contributed by atoms with Gasteiger partial charge in [-0.15, -0.1) is 0 Å². The van der Waals surface area contributed by atoms with Gasteiger partial charge in [0, 0.05) is 18.3 Å². The fourth-order valence-electron chi connectivity index (χ4n) is 1.81. The first-order valence-electron chi connectivity index (χ1n) is 6.92. The Morgan fingerprint density at radius 1 is 0.882 bits per heavy atom. The number of hydrogen-bond acceptors (Lipinski definition) is 2. The highest BCUT2D eigenvalue weighted by Gasteiger charge is 2.48. The first kappa shape index (κ1) is 17.1. The van der Waals surface area contributed by atoms with E-state index in [1.807, 2.05) is 0 Å². The molecule has 0 heterocycles. The second-order valence-electron chi connectivity index (χ2n) is 6.77. The third kappa shape index (κ3) is 5.54. The van der Waals surface area contributed by atoms with Gasteiger partial charge in [0.05, 0.1) is 0 Å². The summed E-state index contributed by atoms with van der Waals surface area (Å²) in [4.78, 5) is 0. The lowest BCUT2D eigenvalue weighted by atomic mass is 10.2. The molecule has 0 aromatic carbocycles. The maximum absolute atomic E-state index is 6.27. The SMILES string of the molecule is CC[Si](OCC(C)C)(OCC(C)C)C(C)(C)C. The Labute approximate surface area is 109 Å². The van der Waals surface area contributed by atoms with Crippen LogP contribution in [0.3, 0.4) is 0 Å². The van der Waals surface area contributed by atoms with Crippen LogP contribution in [-0.4, -0.2) is 21.8 Å². The van der Waals surface area contributed by atoms with Crippen LogP contribution in [0.2, 0.25) is 11.1 Å². The second-order valence-corrected chi connectivity index (χ2v) is 11.1. The molecule has 0 amide bonds. The van der Waals surface area contributed by atoms with Gasteiger partial charge in [0.15, 0.2) is 0 Å². The molecular formula is C14H32O2Si. The van der Waals surface area contributed by atoms with Crippen LogP contribution in [0.25, 0.3) is 0 Å². The Balaban J connectivity index is 4.76. The van der Waals surface area contributed by atoms with Crippen LogP contribution in [0.15, 0.2) is 0 Å². The van der Waals surface area contributed by atoms with Gasteiger partial charge in [0.2, 0.25) is 0 Å². The maximum Gasteiger partial charge on any atom is 0.343 e. The highest BCUT2D eigenvalue weighted by Crippen LogP contribution is 2.40.